The van der Waals surface area contributed by atoms with Crippen molar-refractivity contribution in [2.45, 2.75) is 13.1 Å². The molecule has 0 saturated heterocycles. The number of hydrogen-bond donors (Lipinski definition) is 2. The van der Waals surface area contributed by atoms with Crippen molar-refractivity contribution in [3.63, 3.8) is 0 Å². The molecule has 19 heavy (non-hydrogen) atoms. The Kier molecular flexibility index (Phi) is 3.05. The first-order valence-electron chi connectivity index (χ1n) is 6.17. The molecular formula is C14H14ClN3O. The normalized spacial score (nSPS) is 14.2. The van der Waals surface area contributed by atoms with E-state index >= 15 is 0 Å². The number of carbonyl (C=O) groups excluding carboxylic acids is 1. The highest BCUT2D eigenvalue weighted by atomic mass is 35.5. The number of nitrogens with two attached hydrogens (primary N) is 1. The minimum atomic E-state index is -0.432. The fraction of sp³-hybridized carbons (Fsp3) is 0.214. The maximum absolute atomic E-state index is 11.8. The van der Waals surface area contributed by atoms with E-state index in [1.807, 2.05) is 34.9 Å². The van der Waals surface area contributed by atoms with Gasteiger partial charge in [0.2, 0.25) is 0 Å². The number of rotatable bonds is 2. The summed E-state index contributed by atoms with van der Waals surface area (Å²) in [6.45, 7) is 2.21. The Hall–Kier alpha value is -1.78. The van der Waals surface area contributed by atoms with Crippen molar-refractivity contribution in [1.82, 2.24) is 9.88 Å². The van der Waals surface area contributed by atoms with Gasteiger partial charge in [0.15, 0.2) is 0 Å². The van der Waals surface area contributed by atoms with Gasteiger partial charge >= 0.3 is 0 Å². The highest BCUT2D eigenvalue weighted by Gasteiger charge is 2.27. The van der Waals surface area contributed by atoms with Gasteiger partial charge in [-0.2, -0.15) is 0 Å². The molecule has 4 nitrogen and oxygen atoms in total. The second-order valence-electron chi connectivity index (χ2n) is 4.55. The van der Waals surface area contributed by atoms with Crippen molar-refractivity contribution in [2.24, 2.45) is 5.73 Å². The summed E-state index contributed by atoms with van der Waals surface area (Å²) >= 11 is 6.45. The van der Waals surface area contributed by atoms with Gasteiger partial charge in [-0.3, -0.25) is 4.79 Å². The van der Waals surface area contributed by atoms with E-state index in [-0.39, 0.29) is 0 Å². The van der Waals surface area contributed by atoms with Crippen LogP contribution in [-0.4, -0.2) is 17.0 Å². The van der Waals surface area contributed by atoms with Gasteiger partial charge in [0.05, 0.1) is 5.56 Å². The number of halogens is 1. The van der Waals surface area contributed by atoms with Crippen LogP contribution in [0.15, 0.2) is 30.3 Å². The topological polar surface area (TPSA) is 60.1 Å². The van der Waals surface area contributed by atoms with Gasteiger partial charge in [-0.05, 0) is 5.56 Å². The lowest BCUT2D eigenvalue weighted by atomic mass is 10.0. The summed E-state index contributed by atoms with van der Waals surface area (Å²) in [4.78, 5) is 11.8. The van der Waals surface area contributed by atoms with Gasteiger partial charge in [-0.15, -0.1) is 0 Å². The molecule has 0 atom stereocenters. The Morgan fingerprint density at radius 2 is 2.05 bits per heavy atom. The summed E-state index contributed by atoms with van der Waals surface area (Å²) in [6.07, 6.45) is 0. The van der Waals surface area contributed by atoms with Crippen LogP contribution in [-0.2, 0) is 13.1 Å². The number of nitrogens with one attached hydrogen (secondary N) is 1. The first kappa shape index (κ1) is 12.3. The van der Waals surface area contributed by atoms with Crippen molar-refractivity contribution < 1.29 is 4.79 Å². The van der Waals surface area contributed by atoms with Crippen LogP contribution < -0.4 is 11.1 Å². The van der Waals surface area contributed by atoms with Gasteiger partial charge in [0, 0.05) is 30.9 Å². The van der Waals surface area contributed by atoms with Gasteiger partial charge in [-0.25, -0.2) is 0 Å². The molecule has 2 aromatic rings. The molecule has 3 rings (SSSR count). The van der Waals surface area contributed by atoms with Crippen LogP contribution in [0.5, 0.6) is 0 Å². The predicted molar refractivity (Wildman–Crippen MR) is 75.1 cm³/mol. The van der Waals surface area contributed by atoms with Crippen molar-refractivity contribution in [1.29, 1.82) is 0 Å². The molecule has 0 saturated carbocycles. The molecule has 0 bridgehead atoms. The molecule has 0 spiro atoms. The molecule has 5 heteroatoms. The quantitative estimate of drug-likeness (QED) is 0.881. The first-order valence-corrected chi connectivity index (χ1v) is 6.54. The SMILES string of the molecule is NC(=O)c1c(-c2ccccc2)c(Cl)n2c1CNCC2. The molecule has 98 valence electrons. The third kappa shape index (κ3) is 1.93. The summed E-state index contributed by atoms with van der Waals surface area (Å²) in [5, 5.41) is 3.83. The average molecular weight is 276 g/mol. The number of nitrogens with zero attached hydrogens (tertiary/aromatic N) is 1. The zero-order valence-corrected chi connectivity index (χ0v) is 11.1. The fourth-order valence-corrected chi connectivity index (χ4v) is 2.97. The van der Waals surface area contributed by atoms with Crippen LogP contribution in [0.1, 0.15) is 16.1 Å². The van der Waals surface area contributed by atoms with E-state index in [1.165, 1.54) is 0 Å². The second kappa shape index (κ2) is 4.72. The molecule has 1 aromatic carbocycles. The molecular weight excluding hydrogens is 262 g/mol. The number of hydrogen-bond acceptors (Lipinski definition) is 2. The highest BCUT2D eigenvalue weighted by Crippen LogP contribution is 2.36. The first-order chi connectivity index (χ1) is 9.20. The van der Waals surface area contributed by atoms with Crippen LogP contribution >= 0.6 is 11.6 Å². The molecule has 1 aliphatic rings. The Labute approximate surface area is 116 Å². The Balaban J connectivity index is 2.29. The molecule has 3 N–H and O–H groups in total. The summed E-state index contributed by atoms with van der Waals surface area (Å²) in [5.74, 6) is -0.432. The van der Waals surface area contributed by atoms with Crippen molar-refractivity contribution >= 4 is 17.5 Å². The Morgan fingerprint density at radius 1 is 1.32 bits per heavy atom. The molecule has 0 fully saturated rings. The van der Waals surface area contributed by atoms with Crippen LogP contribution in [0.25, 0.3) is 11.1 Å². The van der Waals surface area contributed by atoms with Crippen LogP contribution in [0.3, 0.4) is 0 Å². The number of amides is 1. The monoisotopic (exact) mass is 275 g/mol. The standard InChI is InChI=1S/C14H14ClN3O/c15-13-11(9-4-2-1-3-5-9)12(14(16)19)10-8-17-6-7-18(10)13/h1-5,17H,6-8H2,(H2,16,19). The smallest absolute Gasteiger partial charge is 0.251 e. The number of aromatic nitrogens is 1. The van der Waals surface area contributed by atoms with E-state index in [0.29, 0.717) is 17.3 Å². The second-order valence-corrected chi connectivity index (χ2v) is 4.90. The summed E-state index contributed by atoms with van der Waals surface area (Å²) < 4.78 is 1.97. The highest BCUT2D eigenvalue weighted by molar-refractivity contribution is 6.33. The molecule has 2 heterocycles. The van der Waals surface area contributed by atoms with Gasteiger partial charge < -0.3 is 15.6 Å². The maximum atomic E-state index is 11.8. The minimum Gasteiger partial charge on any atom is -0.366 e. The zero-order chi connectivity index (χ0) is 13.4. The van der Waals surface area contributed by atoms with Crippen LogP contribution in [0.4, 0.5) is 0 Å². The molecule has 1 aliphatic heterocycles. The molecule has 1 aromatic heterocycles. The molecule has 0 aliphatic carbocycles. The third-order valence-corrected chi connectivity index (χ3v) is 3.81. The van der Waals surface area contributed by atoms with Gasteiger partial charge in [0.1, 0.15) is 5.15 Å². The Morgan fingerprint density at radius 3 is 2.74 bits per heavy atom. The number of primary amides is 1. The molecule has 0 radical (unpaired) electrons. The fourth-order valence-electron chi connectivity index (χ4n) is 2.58. The van der Waals surface area contributed by atoms with Gasteiger partial charge in [0.25, 0.3) is 5.91 Å². The van der Waals surface area contributed by atoms with Gasteiger partial charge in [-0.1, -0.05) is 41.9 Å². The number of fused-ring (bicyclic) bond motifs is 1. The third-order valence-electron chi connectivity index (χ3n) is 3.42. The Bertz CT molecular complexity index is 634. The van der Waals surface area contributed by atoms with Crippen LogP contribution in [0.2, 0.25) is 5.15 Å². The summed E-state index contributed by atoms with van der Waals surface area (Å²) in [6, 6.07) is 9.65. The maximum Gasteiger partial charge on any atom is 0.251 e. The minimum absolute atomic E-state index is 0.432. The van der Waals surface area contributed by atoms with Crippen molar-refractivity contribution in [2.75, 3.05) is 6.54 Å². The average Bonchev–Trinajstić information content (AvgIpc) is 2.74. The van der Waals surface area contributed by atoms with E-state index in [1.54, 1.807) is 0 Å². The lowest BCUT2D eigenvalue weighted by molar-refractivity contribution is 0.0999. The lowest BCUT2D eigenvalue weighted by Gasteiger charge is -2.17. The van der Waals surface area contributed by atoms with Crippen molar-refractivity contribution in [3.8, 4) is 11.1 Å². The summed E-state index contributed by atoms with van der Waals surface area (Å²) in [7, 11) is 0. The number of carbonyl (C=O) groups is 1. The van der Waals surface area contributed by atoms with E-state index in [4.69, 9.17) is 17.3 Å². The van der Waals surface area contributed by atoms with E-state index < -0.39 is 5.91 Å². The predicted octanol–water partition coefficient (Wildman–Crippen LogP) is 2.01. The van der Waals surface area contributed by atoms with E-state index in [0.717, 1.165) is 29.9 Å². The zero-order valence-electron chi connectivity index (χ0n) is 10.3. The lowest BCUT2D eigenvalue weighted by Crippen LogP contribution is -2.29. The number of benzene rings is 1. The van der Waals surface area contributed by atoms with E-state index in [9.17, 15) is 4.79 Å². The van der Waals surface area contributed by atoms with Crippen LogP contribution in [0, 0.1) is 0 Å². The largest absolute Gasteiger partial charge is 0.366 e. The molecule has 1 amide bonds. The van der Waals surface area contributed by atoms with E-state index in [2.05, 4.69) is 5.32 Å². The van der Waals surface area contributed by atoms with Crippen molar-refractivity contribution in [3.05, 3.63) is 46.7 Å². The summed E-state index contributed by atoms with van der Waals surface area (Å²) in [5.41, 5.74) is 8.62. The molecule has 0 unspecified atom stereocenters.